The van der Waals surface area contributed by atoms with Gasteiger partial charge in [-0.2, -0.15) is 0 Å². The van der Waals surface area contributed by atoms with Gasteiger partial charge < -0.3 is 14.2 Å². The lowest BCUT2D eigenvalue weighted by Crippen LogP contribution is -2.04. The van der Waals surface area contributed by atoms with Crippen LogP contribution >= 0.6 is 0 Å². The fourth-order valence-electron chi connectivity index (χ4n) is 3.60. The average Bonchev–Trinajstić information content (AvgIpc) is 3.26. The number of rotatable bonds is 8. The SMILES string of the molecule is COCCOc1ccn2c(-c3ccc4cccc(OCc5ccccc5)c4n3)cnc2c1. The van der Waals surface area contributed by atoms with Crippen molar-refractivity contribution in [1.82, 2.24) is 14.4 Å². The Bertz CT molecular complexity index is 1350. The number of fused-ring (bicyclic) bond motifs is 2. The van der Waals surface area contributed by atoms with Crippen LogP contribution < -0.4 is 9.47 Å². The molecule has 6 nitrogen and oxygen atoms in total. The maximum Gasteiger partial charge on any atom is 0.146 e. The minimum Gasteiger partial charge on any atom is -0.491 e. The second-order valence-corrected chi connectivity index (χ2v) is 7.37. The Morgan fingerprint density at radius 2 is 1.78 bits per heavy atom. The average molecular weight is 425 g/mol. The van der Waals surface area contributed by atoms with Crippen LogP contribution in [0.3, 0.4) is 0 Å². The molecular weight excluding hydrogens is 402 g/mol. The molecule has 0 radical (unpaired) electrons. The summed E-state index contributed by atoms with van der Waals surface area (Å²) in [6, 6.07) is 24.0. The van der Waals surface area contributed by atoms with Crippen LogP contribution in [0.1, 0.15) is 5.56 Å². The maximum absolute atomic E-state index is 6.12. The highest BCUT2D eigenvalue weighted by molar-refractivity contribution is 5.86. The second-order valence-electron chi connectivity index (χ2n) is 7.37. The lowest BCUT2D eigenvalue weighted by atomic mass is 10.1. The summed E-state index contributed by atoms with van der Waals surface area (Å²) in [7, 11) is 1.65. The zero-order chi connectivity index (χ0) is 21.8. The Kier molecular flexibility index (Phi) is 5.68. The lowest BCUT2D eigenvalue weighted by molar-refractivity contribution is 0.146. The van der Waals surface area contributed by atoms with Crippen molar-refractivity contribution < 1.29 is 14.2 Å². The van der Waals surface area contributed by atoms with Crippen LogP contribution in [-0.2, 0) is 11.3 Å². The Morgan fingerprint density at radius 1 is 0.875 bits per heavy atom. The van der Waals surface area contributed by atoms with E-state index in [1.165, 1.54) is 0 Å². The van der Waals surface area contributed by atoms with Gasteiger partial charge in [0.05, 0.1) is 24.2 Å². The van der Waals surface area contributed by atoms with Crippen molar-refractivity contribution in [1.29, 1.82) is 0 Å². The molecule has 0 saturated heterocycles. The highest BCUT2D eigenvalue weighted by Crippen LogP contribution is 2.29. The topological polar surface area (TPSA) is 57.9 Å². The Hall–Kier alpha value is -3.90. The van der Waals surface area contributed by atoms with Gasteiger partial charge in [-0.1, -0.05) is 48.5 Å². The van der Waals surface area contributed by atoms with Crippen molar-refractivity contribution in [3.8, 4) is 22.9 Å². The van der Waals surface area contributed by atoms with E-state index in [1.54, 1.807) is 7.11 Å². The van der Waals surface area contributed by atoms with Crippen LogP contribution in [0.5, 0.6) is 11.5 Å². The second kappa shape index (κ2) is 9.08. The van der Waals surface area contributed by atoms with E-state index in [4.69, 9.17) is 19.2 Å². The molecule has 160 valence electrons. The highest BCUT2D eigenvalue weighted by atomic mass is 16.5. The third-order valence-electron chi connectivity index (χ3n) is 5.22. The van der Waals surface area contributed by atoms with Gasteiger partial charge in [-0.25, -0.2) is 9.97 Å². The number of pyridine rings is 2. The summed E-state index contributed by atoms with van der Waals surface area (Å²) >= 11 is 0. The van der Waals surface area contributed by atoms with Gasteiger partial charge in [-0.15, -0.1) is 0 Å². The first-order valence-electron chi connectivity index (χ1n) is 10.5. The number of benzene rings is 2. The van der Waals surface area contributed by atoms with Crippen molar-refractivity contribution in [3.63, 3.8) is 0 Å². The fourth-order valence-corrected chi connectivity index (χ4v) is 3.60. The molecular formula is C26H23N3O3. The third kappa shape index (κ3) is 4.13. The number of imidazole rings is 1. The van der Waals surface area contributed by atoms with Gasteiger partial charge in [-0.05, 0) is 23.8 Å². The van der Waals surface area contributed by atoms with Crippen LogP contribution in [0.15, 0.2) is 85.2 Å². The molecule has 0 amide bonds. The van der Waals surface area contributed by atoms with Gasteiger partial charge in [0.25, 0.3) is 0 Å². The number of nitrogens with zero attached hydrogens (tertiary/aromatic N) is 3. The largest absolute Gasteiger partial charge is 0.491 e. The number of para-hydroxylation sites is 1. The van der Waals surface area contributed by atoms with Gasteiger partial charge in [0.1, 0.15) is 35.9 Å². The first-order valence-corrected chi connectivity index (χ1v) is 10.5. The summed E-state index contributed by atoms with van der Waals surface area (Å²) in [5.41, 5.74) is 4.48. The fraction of sp³-hybridized carbons (Fsp3) is 0.154. The highest BCUT2D eigenvalue weighted by Gasteiger charge is 2.11. The van der Waals surface area contributed by atoms with Crippen LogP contribution in [0.2, 0.25) is 0 Å². The third-order valence-corrected chi connectivity index (χ3v) is 5.22. The maximum atomic E-state index is 6.12. The molecule has 3 aromatic heterocycles. The van der Waals surface area contributed by atoms with Crippen molar-refractivity contribution in [2.75, 3.05) is 20.3 Å². The van der Waals surface area contributed by atoms with E-state index in [1.807, 2.05) is 71.4 Å². The molecule has 32 heavy (non-hydrogen) atoms. The van der Waals surface area contributed by atoms with E-state index in [2.05, 4.69) is 23.2 Å². The number of hydrogen-bond acceptors (Lipinski definition) is 5. The number of hydrogen-bond donors (Lipinski definition) is 0. The molecule has 6 heteroatoms. The molecule has 0 aliphatic heterocycles. The standard InChI is InChI=1S/C26H23N3O3/c1-30-14-15-31-21-12-13-29-23(17-27-25(29)16-21)22-11-10-20-8-5-9-24(26(20)28-22)32-18-19-6-3-2-4-7-19/h2-13,16-17H,14-15,18H2,1H3. The molecule has 0 atom stereocenters. The van der Waals surface area contributed by atoms with Gasteiger partial charge in [-0.3, -0.25) is 4.40 Å². The monoisotopic (exact) mass is 425 g/mol. The van der Waals surface area contributed by atoms with E-state index in [-0.39, 0.29) is 0 Å². The Morgan fingerprint density at radius 3 is 2.66 bits per heavy atom. The summed E-state index contributed by atoms with van der Waals surface area (Å²) in [5, 5.41) is 1.03. The van der Waals surface area contributed by atoms with E-state index < -0.39 is 0 Å². The van der Waals surface area contributed by atoms with Gasteiger partial charge in [0, 0.05) is 24.8 Å². The quantitative estimate of drug-likeness (QED) is 0.322. The molecule has 0 bridgehead atoms. The molecule has 0 N–H and O–H groups in total. The number of methoxy groups -OCH3 is 1. The van der Waals surface area contributed by atoms with E-state index in [0.29, 0.717) is 19.8 Å². The molecule has 0 aliphatic rings. The minimum absolute atomic E-state index is 0.493. The van der Waals surface area contributed by atoms with Crippen LogP contribution in [-0.4, -0.2) is 34.7 Å². The Labute approximate surface area is 186 Å². The zero-order valence-electron chi connectivity index (χ0n) is 17.8. The van der Waals surface area contributed by atoms with E-state index in [0.717, 1.165) is 45.0 Å². The molecule has 0 unspecified atom stereocenters. The summed E-state index contributed by atoms with van der Waals surface area (Å²) < 4.78 is 18.9. The normalized spacial score (nSPS) is 11.2. The van der Waals surface area contributed by atoms with Gasteiger partial charge in [0.2, 0.25) is 0 Å². The van der Waals surface area contributed by atoms with Crippen LogP contribution in [0.25, 0.3) is 27.9 Å². The molecule has 0 saturated carbocycles. The summed E-state index contributed by atoms with van der Waals surface area (Å²) in [6.07, 6.45) is 3.78. The number of ether oxygens (including phenoxy) is 3. The number of aromatic nitrogens is 3. The minimum atomic E-state index is 0.493. The predicted octanol–water partition coefficient (Wildman–Crippen LogP) is 5.15. The first-order chi connectivity index (χ1) is 15.8. The summed E-state index contributed by atoms with van der Waals surface area (Å²) in [4.78, 5) is 9.47. The van der Waals surface area contributed by atoms with Crippen molar-refractivity contribution in [2.24, 2.45) is 0 Å². The lowest BCUT2D eigenvalue weighted by Gasteiger charge is -2.10. The van der Waals surface area contributed by atoms with Gasteiger partial charge in [0.15, 0.2) is 0 Å². The van der Waals surface area contributed by atoms with Crippen molar-refractivity contribution in [2.45, 2.75) is 6.61 Å². The molecule has 5 aromatic rings. The zero-order valence-corrected chi connectivity index (χ0v) is 17.8. The van der Waals surface area contributed by atoms with Crippen LogP contribution in [0, 0.1) is 0 Å². The molecule has 0 fully saturated rings. The van der Waals surface area contributed by atoms with E-state index >= 15 is 0 Å². The first kappa shape index (κ1) is 20.0. The molecule has 3 heterocycles. The summed E-state index contributed by atoms with van der Waals surface area (Å²) in [5.74, 6) is 1.52. The molecule has 0 spiro atoms. The van der Waals surface area contributed by atoms with Crippen molar-refractivity contribution >= 4 is 16.6 Å². The van der Waals surface area contributed by atoms with Gasteiger partial charge >= 0.3 is 0 Å². The van der Waals surface area contributed by atoms with Crippen molar-refractivity contribution in [3.05, 3.63) is 90.8 Å². The molecule has 2 aromatic carbocycles. The smallest absolute Gasteiger partial charge is 0.146 e. The predicted molar refractivity (Wildman–Crippen MR) is 124 cm³/mol. The Balaban J connectivity index is 1.46. The van der Waals surface area contributed by atoms with Crippen LogP contribution in [0.4, 0.5) is 0 Å². The molecule has 5 rings (SSSR count). The summed E-state index contributed by atoms with van der Waals surface area (Å²) in [6.45, 7) is 1.53. The van der Waals surface area contributed by atoms with E-state index in [9.17, 15) is 0 Å². The molecule has 0 aliphatic carbocycles.